The van der Waals surface area contributed by atoms with Crippen LogP contribution in [0.25, 0.3) is 0 Å². The van der Waals surface area contributed by atoms with Gasteiger partial charge in [0.2, 0.25) is 5.91 Å². The van der Waals surface area contributed by atoms with Gasteiger partial charge in [-0.15, -0.1) is 0 Å². The lowest BCUT2D eigenvalue weighted by atomic mass is 10.3. The average molecular weight is 222 g/mol. The second kappa shape index (κ2) is 5.65. The molecule has 16 heavy (non-hydrogen) atoms. The van der Waals surface area contributed by atoms with Crippen LogP contribution in [-0.4, -0.2) is 35.0 Å². The second-order valence-corrected chi connectivity index (χ2v) is 4.11. The van der Waals surface area contributed by atoms with Gasteiger partial charge in [-0.25, -0.2) is 4.98 Å². The van der Waals surface area contributed by atoms with E-state index in [1.165, 1.54) is 12.8 Å². The Bertz CT molecular complexity index is 319. The fraction of sp³-hybridized carbons (Fsp3) is 0.636. The number of nitrogens with one attached hydrogen (secondary N) is 3. The molecule has 1 aliphatic rings. The van der Waals surface area contributed by atoms with E-state index < -0.39 is 0 Å². The summed E-state index contributed by atoms with van der Waals surface area (Å²) in [6, 6.07) is 0.677. The van der Waals surface area contributed by atoms with Gasteiger partial charge in [-0.05, 0) is 12.8 Å². The van der Waals surface area contributed by atoms with Gasteiger partial charge in [0.15, 0.2) is 0 Å². The number of aromatic amines is 1. The highest BCUT2D eigenvalue weighted by atomic mass is 16.1. The number of H-pyrrole nitrogens is 1. The zero-order valence-corrected chi connectivity index (χ0v) is 9.33. The Kier molecular flexibility index (Phi) is 3.93. The van der Waals surface area contributed by atoms with Gasteiger partial charge in [-0.2, -0.15) is 0 Å². The Morgan fingerprint density at radius 1 is 1.50 bits per heavy atom. The lowest BCUT2D eigenvalue weighted by molar-refractivity contribution is -0.120. The van der Waals surface area contributed by atoms with Gasteiger partial charge in [0.05, 0.1) is 0 Å². The SMILES string of the molecule is O=C(CCNC1CC1)NCCc1ncc[nH]1. The van der Waals surface area contributed by atoms with Crippen molar-refractivity contribution >= 4 is 5.91 Å². The molecular formula is C11H18N4O. The van der Waals surface area contributed by atoms with E-state index in [0.29, 0.717) is 19.0 Å². The molecule has 88 valence electrons. The normalized spacial score (nSPS) is 15.0. The largest absolute Gasteiger partial charge is 0.356 e. The molecule has 0 saturated heterocycles. The number of nitrogens with zero attached hydrogens (tertiary/aromatic N) is 1. The van der Waals surface area contributed by atoms with Crippen LogP contribution in [0.4, 0.5) is 0 Å². The van der Waals surface area contributed by atoms with E-state index in [1.807, 2.05) is 0 Å². The number of hydrogen-bond acceptors (Lipinski definition) is 3. The number of aromatic nitrogens is 2. The molecule has 1 heterocycles. The second-order valence-electron chi connectivity index (χ2n) is 4.11. The molecule has 0 unspecified atom stereocenters. The summed E-state index contributed by atoms with van der Waals surface area (Å²) in [4.78, 5) is 18.5. The van der Waals surface area contributed by atoms with Gasteiger partial charge in [0, 0.05) is 44.4 Å². The summed E-state index contributed by atoms with van der Waals surface area (Å²) in [5.74, 6) is 1.02. The smallest absolute Gasteiger partial charge is 0.221 e. The maximum Gasteiger partial charge on any atom is 0.221 e. The zero-order valence-electron chi connectivity index (χ0n) is 9.33. The van der Waals surface area contributed by atoms with Gasteiger partial charge < -0.3 is 15.6 Å². The van der Waals surface area contributed by atoms with Gasteiger partial charge >= 0.3 is 0 Å². The third kappa shape index (κ3) is 4.02. The predicted octanol–water partition coefficient (Wildman–Crippen LogP) is 0.211. The van der Waals surface area contributed by atoms with Gasteiger partial charge in [-0.1, -0.05) is 0 Å². The Labute approximate surface area is 95.0 Å². The van der Waals surface area contributed by atoms with Crippen LogP contribution < -0.4 is 10.6 Å². The van der Waals surface area contributed by atoms with Crippen LogP contribution >= 0.6 is 0 Å². The fourth-order valence-corrected chi connectivity index (χ4v) is 1.52. The summed E-state index contributed by atoms with van der Waals surface area (Å²) in [6.07, 6.45) is 7.36. The minimum absolute atomic E-state index is 0.111. The minimum atomic E-state index is 0.111. The van der Waals surface area contributed by atoms with E-state index >= 15 is 0 Å². The highest BCUT2D eigenvalue weighted by Gasteiger charge is 2.19. The van der Waals surface area contributed by atoms with Crippen molar-refractivity contribution in [2.75, 3.05) is 13.1 Å². The lowest BCUT2D eigenvalue weighted by Gasteiger charge is -2.04. The van der Waals surface area contributed by atoms with E-state index in [4.69, 9.17) is 0 Å². The van der Waals surface area contributed by atoms with Crippen molar-refractivity contribution in [1.29, 1.82) is 0 Å². The zero-order chi connectivity index (χ0) is 11.2. The molecule has 0 aromatic carbocycles. The number of carbonyl (C=O) groups is 1. The molecule has 1 aromatic rings. The monoisotopic (exact) mass is 222 g/mol. The Morgan fingerprint density at radius 3 is 3.06 bits per heavy atom. The van der Waals surface area contributed by atoms with E-state index in [1.54, 1.807) is 12.4 Å². The first-order valence-corrected chi connectivity index (χ1v) is 5.83. The first-order valence-electron chi connectivity index (χ1n) is 5.83. The summed E-state index contributed by atoms with van der Waals surface area (Å²) in [7, 11) is 0. The first kappa shape index (κ1) is 11.1. The summed E-state index contributed by atoms with van der Waals surface area (Å²) >= 11 is 0. The van der Waals surface area contributed by atoms with Crippen LogP contribution in [0.1, 0.15) is 25.1 Å². The number of imidazole rings is 1. The molecule has 1 aromatic heterocycles. The van der Waals surface area contributed by atoms with Crippen LogP contribution in [0.2, 0.25) is 0 Å². The molecule has 0 aliphatic heterocycles. The minimum Gasteiger partial charge on any atom is -0.356 e. The van der Waals surface area contributed by atoms with Crippen LogP contribution in [0.3, 0.4) is 0 Å². The van der Waals surface area contributed by atoms with Crippen molar-refractivity contribution in [3.63, 3.8) is 0 Å². The Balaban J connectivity index is 1.49. The van der Waals surface area contributed by atoms with Crippen molar-refractivity contribution < 1.29 is 4.79 Å². The van der Waals surface area contributed by atoms with Crippen molar-refractivity contribution in [3.8, 4) is 0 Å². The summed E-state index contributed by atoms with van der Waals surface area (Å²) in [6.45, 7) is 1.44. The molecule has 0 atom stereocenters. The molecule has 1 saturated carbocycles. The van der Waals surface area contributed by atoms with E-state index in [0.717, 1.165) is 18.8 Å². The third-order valence-electron chi connectivity index (χ3n) is 2.60. The Hall–Kier alpha value is -1.36. The van der Waals surface area contributed by atoms with E-state index in [2.05, 4.69) is 20.6 Å². The Morgan fingerprint density at radius 2 is 2.38 bits per heavy atom. The van der Waals surface area contributed by atoms with Crippen LogP contribution in [0, 0.1) is 0 Å². The average Bonchev–Trinajstić information content (AvgIpc) is 2.94. The summed E-state index contributed by atoms with van der Waals surface area (Å²) < 4.78 is 0. The van der Waals surface area contributed by atoms with Crippen molar-refractivity contribution in [2.24, 2.45) is 0 Å². The molecule has 5 heteroatoms. The van der Waals surface area contributed by atoms with Crippen LogP contribution in [0.5, 0.6) is 0 Å². The number of rotatable bonds is 7. The third-order valence-corrected chi connectivity index (χ3v) is 2.60. The number of hydrogen-bond donors (Lipinski definition) is 3. The number of carbonyl (C=O) groups excluding carboxylic acids is 1. The summed E-state index contributed by atoms with van der Waals surface area (Å²) in [5.41, 5.74) is 0. The standard InChI is InChI=1S/C11H18N4O/c16-11(4-6-12-9-1-2-9)15-5-3-10-13-7-8-14-10/h7-9,12H,1-6H2,(H,13,14)(H,15,16). The molecule has 1 fully saturated rings. The number of amides is 1. The van der Waals surface area contributed by atoms with Gasteiger partial charge in [0.25, 0.3) is 0 Å². The van der Waals surface area contributed by atoms with E-state index in [-0.39, 0.29) is 5.91 Å². The maximum absolute atomic E-state index is 11.4. The predicted molar refractivity (Wildman–Crippen MR) is 60.9 cm³/mol. The molecule has 1 amide bonds. The quantitative estimate of drug-likeness (QED) is 0.617. The molecular weight excluding hydrogens is 204 g/mol. The maximum atomic E-state index is 11.4. The van der Waals surface area contributed by atoms with Crippen LogP contribution in [0.15, 0.2) is 12.4 Å². The highest BCUT2D eigenvalue weighted by Crippen LogP contribution is 2.18. The molecule has 0 radical (unpaired) electrons. The van der Waals surface area contributed by atoms with Crippen molar-refractivity contribution in [3.05, 3.63) is 18.2 Å². The van der Waals surface area contributed by atoms with Crippen molar-refractivity contribution in [2.45, 2.75) is 31.7 Å². The molecule has 1 aliphatic carbocycles. The van der Waals surface area contributed by atoms with Gasteiger partial charge in [-0.3, -0.25) is 4.79 Å². The summed E-state index contributed by atoms with van der Waals surface area (Å²) in [5, 5.41) is 6.19. The lowest BCUT2D eigenvalue weighted by Crippen LogP contribution is -2.29. The molecule has 0 spiro atoms. The highest BCUT2D eigenvalue weighted by molar-refractivity contribution is 5.76. The van der Waals surface area contributed by atoms with Crippen LogP contribution in [-0.2, 0) is 11.2 Å². The van der Waals surface area contributed by atoms with Gasteiger partial charge in [0.1, 0.15) is 5.82 Å². The fourth-order valence-electron chi connectivity index (χ4n) is 1.52. The topological polar surface area (TPSA) is 69.8 Å². The molecule has 0 bridgehead atoms. The molecule has 5 nitrogen and oxygen atoms in total. The first-order chi connectivity index (χ1) is 7.84. The molecule has 3 N–H and O–H groups in total. The molecule has 2 rings (SSSR count). The van der Waals surface area contributed by atoms with E-state index in [9.17, 15) is 4.79 Å². The van der Waals surface area contributed by atoms with Crippen molar-refractivity contribution in [1.82, 2.24) is 20.6 Å².